The molecular weight excluding hydrogens is 196 g/mol. The SMILES string of the molecule is CCNC(CN)c1cccc2ccccc12. The first-order valence-corrected chi connectivity index (χ1v) is 5.78. The maximum atomic E-state index is 5.82. The average molecular weight is 214 g/mol. The van der Waals surface area contributed by atoms with Crippen LogP contribution in [0.2, 0.25) is 0 Å². The fourth-order valence-corrected chi connectivity index (χ4v) is 2.12. The van der Waals surface area contributed by atoms with Crippen molar-refractivity contribution in [3.63, 3.8) is 0 Å². The van der Waals surface area contributed by atoms with Crippen molar-refractivity contribution in [2.24, 2.45) is 5.73 Å². The first-order chi connectivity index (χ1) is 7.86. The lowest BCUT2D eigenvalue weighted by Gasteiger charge is -2.18. The summed E-state index contributed by atoms with van der Waals surface area (Å²) >= 11 is 0. The average Bonchev–Trinajstić information content (AvgIpc) is 2.35. The Kier molecular flexibility index (Phi) is 3.54. The van der Waals surface area contributed by atoms with E-state index in [0.717, 1.165) is 6.54 Å². The third kappa shape index (κ3) is 2.08. The zero-order chi connectivity index (χ0) is 11.4. The van der Waals surface area contributed by atoms with E-state index in [1.54, 1.807) is 0 Å². The number of hydrogen-bond acceptors (Lipinski definition) is 2. The van der Waals surface area contributed by atoms with Gasteiger partial charge in [0.15, 0.2) is 0 Å². The molecule has 0 saturated heterocycles. The van der Waals surface area contributed by atoms with Crippen molar-refractivity contribution in [3.05, 3.63) is 48.0 Å². The van der Waals surface area contributed by atoms with Gasteiger partial charge in [0.05, 0.1) is 0 Å². The molecule has 84 valence electrons. The fraction of sp³-hybridized carbons (Fsp3) is 0.286. The molecule has 3 N–H and O–H groups in total. The van der Waals surface area contributed by atoms with Crippen LogP contribution in [0.4, 0.5) is 0 Å². The molecule has 0 aromatic heterocycles. The number of fused-ring (bicyclic) bond motifs is 1. The van der Waals surface area contributed by atoms with Crippen LogP contribution in [0, 0.1) is 0 Å². The molecule has 0 radical (unpaired) electrons. The molecule has 0 saturated carbocycles. The van der Waals surface area contributed by atoms with Gasteiger partial charge < -0.3 is 11.1 Å². The summed E-state index contributed by atoms with van der Waals surface area (Å²) in [5.74, 6) is 0. The zero-order valence-corrected chi connectivity index (χ0v) is 9.61. The molecule has 0 aliphatic carbocycles. The summed E-state index contributed by atoms with van der Waals surface area (Å²) in [6.07, 6.45) is 0. The van der Waals surface area contributed by atoms with Crippen LogP contribution in [0.25, 0.3) is 10.8 Å². The van der Waals surface area contributed by atoms with Crippen molar-refractivity contribution in [1.29, 1.82) is 0 Å². The van der Waals surface area contributed by atoms with Gasteiger partial charge in [-0.05, 0) is 22.9 Å². The molecule has 0 heterocycles. The van der Waals surface area contributed by atoms with E-state index in [0.29, 0.717) is 6.54 Å². The monoisotopic (exact) mass is 214 g/mol. The lowest BCUT2D eigenvalue weighted by atomic mass is 9.99. The number of rotatable bonds is 4. The smallest absolute Gasteiger partial charge is 0.0450 e. The number of likely N-dealkylation sites (N-methyl/N-ethyl adjacent to an activating group) is 1. The van der Waals surface area contributed by atoms with Crippen LogP contribution in [-0.2, 0) is 0 Å². The largest absolute Gasteiger partial charge is 0.329 e. The first-order valence-electron chi connectivity index (χ1n) is 5.78. The number of nitrogens with one attached hydrogen (secondary N) is 1. The van der Waals surface area contributed by atoms with E-state index in [-0.39, 0.29) is 6.04 Å². The van der Waals surface area contributed by atoms with E-state index in [4.69, 9.17) is 5.73 Å². The van der Waals surface area contributed by atoms with Crippen molar-refractivity contribution in [3.8, 4) is 0 Å². The van der Waals surface area contributed by atoms with Gasteiger partial charge in [0, 0.05) is 12.6 Å². The minimum atomic E-state index is 0.246. The quantitative estimate of drug-likeness (QED) is 0.820. The van der Waals surface area contributed by atoms with E-state index in [2.05, 4.69) is 54.7 Å². The summed E-state index contributed by atoms with van der Waals surface area (Å²) < 4.78 is 0. The highest BCUT2D eigenvalue weighted by Gasteiger charge is 2.10. The van der Waals surface area contributed by atoms with Crippen molar-refractivity contribution in [2.75, 3.05) is 13.1 Å². The third-order valence-electron chi connectivity index (χ3n) is 2.89. The maximum absolute atomic E-state index is 5.82. The maximum Gasteiger partial charge on any atom is 0.0450 e. The van der Waals surface area contributed by atoms with E-state index < -0.39 is 0 Å². The van der Waals surface area contributed by atoms with E-state index in [1.165, 1.54) is 16.3 Å². The summed E-state index contributed by atoms with van der Waals surface area (Å²) in [6.45, 7) is 3.67. The van der Waals surface area contributed by atoms with Crippen LogP contribution in [-0.4, -0.2) is 13.1 Å². The van der Waals surface area contributed by atoms with Gasteiger partial charge in [0.1, 0.15) is 0 Å². The zero-order valence-electron chi connectivity index (χ0n) is 9.61. The summed E-state index contributed by atoms with van der Waals surface area (Å²) in [4.78, 5) is 0. The van der Waals surface area contributed by atoms with Gasteiger partial charge in [-0.2, -0.15) is 0 Å². The molecule has 0 aliphatic rings. The van der Waals surface area contributed by atoms with Crippen molar-refractivity contribution >= 4 is 10.8 Å². The standard InChI is InChI=1S/C14H18N2/c1-2-16-14(10-15)13-9-5-7-11-6-3-4-8-12(11)13/h3-9,14,16H,2,10,15H2,1H3. The van der Waals surface area contributed by atoms with Gasteiger partial charge >= 0.3 is 0 Å². The molecule has 2 aromatic rings. The van der Waals surface area contributed by atoms with Crippen LogP contribution in [0.15, 0.2) is 42.5 Å². The molecule has 0 bridgehead atoms. The molecule has 16 heavy (non-hydrogen) atoms. The van der Waals surface area contributed by atoms with Crippen LogP contribution in [0.1, 0.15) is 18.5 Å². The molecule has 1 atom stereocenters. The van der Waals surface area contributed by atoms with Crippen LogP contribution in [0.3, 0.4) is 0 Å². The Morgan fingerprint density at radius 1 is 1.12 bits per heavy atom. The molecule has 0 aliphatic heterocycles. The topological polar surface area (TPSA) is 38.0 Å². The van der Waals surface area contributed by atoms with Gasteiger partial charge in [-0.3, -0.25) is 0 Å². The molecule has 2 rings (SSSR count). The summed E-state index contributed by atoms with van der Waals surface area (Å²) in [6, 6.07) is 15.1. The lowest BCUT2D eigenvalue weighted by molar-refractivity contribution is 0.565. The molecule has 0 spiro atoms. The second kappa shape index (κ2) is 5.10. The Bertz CT molecular complexity index is 460. The van der Waals surface area contributed by atoms with Gasteiger partial charge in [-0.25, -0.2) is 0 Å². The van der Waals surface area contributed by atoms with E-state index in [1.807, 2.05) is 0 Å². The summed E-state index contributed by atoms with van der Waals surface area (Å²) in [5.41, 5.74) is 7.11. The lowest BCUT2D eigenvalue weighted by Crippen LogP contribution is -2.28. The van der Waals surface area contributed by atoms with Crippen molar-refractivity contribution < 1.29 is 0 Å². The van der Waals surface area contributed by atoms with Gasteiger partial charge in [-0.1, -0.05) is 49.4 Å². The van der Waals surface area contributed by atoms with E-state index >= 15 is 0 Å². The highest BCUT2D eigenvalue weighted by molar-refractivity contribution is 5.86. The molecular formula is C14H18N2. The van der Waals surface area contributed by atoms with E-state index in [9.17, 15) is 0 Å². The first kappa shape index (κ1) is 11.1. The normalized spacial score (nSPS) is 12.9. The Hall–Kier alpha value is -1.38. The Morgan fingerprint density at radius 2 is 1.88 bits per heavy atom. The summed E-state index contributed by atoms with van der Waals surface area (Å²) in [7, 11) is 0. The second-order valence-corrected chi connectivity index (χ2v) is 3.91. The van der Waals surface area contributed by atoms with Crippen LogP contribution in [0.5, 0.6) is 0 Å². The highest BCUT2D eigenvalue weighted by Crippen LogP contribution is 2.23. The predicted molar refractivity (Wildman–Crippen MR) is 69.4 cm³/mol. The summed E-state index contributed by atoms with van der Waals surface area (Å²) in [5, 5.41) is 5.98. The number of nitrogens with two attached hydrogens (primary N) is 1. The van der Waals surface area contributed by atoms with Crippen molar-refractivity contribution in [2.45, 2.75) is 13.0 Å². The van der Waals surface area contributed by atoms with Gasteiger partial charge in [-0.15, -0.1) is 0 Å². The molecule has 0 amide bonds. The van der Waals surface area contributed by atoms with Crippen molar-refractivity contribution in [1.82, 2.24) is 5.32 Å². The van der Waals surface area contributed by atoms with Crippen LogP contribution < -0.4 is 11.1 Å². The number of hydrogen-bond donors (Lipinski definition) is 2. The highest BCUT2D eigenvalue weighted by atomic mass is 14.9. The Balaban J connectivity index is 2.50. The molecule has 1 unspecified atom stereocenters. The molecule has 2 aromatic carbocycles. The minimum Gasteiger partial charge on any atom is -0.329 e. The molecule has 2 heteroatoms. The van der Waals surface area contributed by atoms with Crippen LogP contribution >= 0.6 is 0 Å². The third-order valence-corrected chi connectivity index (χ3v) is 2.89. The Morgan fingerprint density at radius 3 is 2.62 bits per heavy atom. The minimum absolute atomic E-state index is 0.246. The Labute approximate surface area is 96.5 Å². The fourth-order valence-electron chi connectivity index (χ4n) is 2.12. The molecule has 0 fully saturated rings. The van der Waals surface area contributed by atoms with Gasteiger partial charge in [0.25, 0.3) is 0 Å². The van der Waals surface area contributed by atoms with Gasteiger partial charge in [0.2, 0.25) is 0 Å². The predicted octanol–water partition coefficient (Wildman–Crippen LogP) is 2.45. The second-order valence-electron chi connectivity index (χ2n) is 3.91. The number of benzene rings is 2. The molecule has 2 nitrogen and oxygen atoms in total.